The standard InChI is InChI=1S/C12H20ClN3O2/c1-4-18-12-9(2)11(14-8-15-12)16-10(5-6-13)7-17-3/h8,10H,4-7H2,1-3H3,(H,14,15,16). The van der Waals surface area contributed by atoms with Crippen molar-refractivity contribution in [2.75, 3.05) is 31.5 Å². The summed E-state index contributed by atoms with van der Waals surface area (Å²) >= 11 is 5.77. The highest BCUT2D eigenvalue weighted by molar-refractivity contribution is 6.17. The molecule has 0 fully saturated rings. The lowest BCUT2D eigenvalue weighted by molar-refractivity contribution is 0.184. The number of nitrogens with one attached hydrogen (secondary N) is 1. The van der Waals surface area contributed by atoms with Crippen molar-refractivity contribution in [1.29, 1.82) is 0 Å². The van der Waals surface area contributed by atoms with Crippen molar-refractivity contribution in [2.45, 2.75) is 26.3 Å². The molecular weight excluding hydrogens is 254 g/mol. The van der Waals surface area contributed by atoms with Gasteiger partial charge >= 0.3 is 0 Å². The Labute approximate surface area is 113 Å². The van der Waals surface area contributed by atoms with E-state index in [-0.39, 0.29) is 6.04 Å². The van der Waals surface area contributed by atoms with Gasteiger partial charge in [-0.15, -0.1) is 11.6 Å². The van der Waals surface area contributed by atoms with Crippen LogP contribution in [0.4, 0.5) is 5.82 Å². The molecule has 1 rings (SSSR count). The molecule has 0 aliphatic carbocycles. The van der Waals surface area contributed by atoms with Crippen molar-refractivity contribution >= 4 is 17.4 Å². The van der Waals surface area contributed by atoms with Crippen LogP contribution in [0.1, 0.15) is 18.9 Å². The number of nitrogens with zero attached hydrogens (tertiary/aromatic N) is 2. The zero-order chi connectivity index (χ0) is 13.4. The van der Waals surface area contributed by atoms with E-state index < -0.39 is 0 Å². The summed E-state index contributed by atoms with van der Waals surface area (Å²) in [5.41, 5.74) is 0.898. The predicted molar refractivity (Wildman–Crippen MR) is 72.6 cm³/mol. The van der Waals surface area contributed by atoms with Crippen LogP contribution in [0.2, 0.25) is 0 Å². The number of methoxy groups -OCH3 is 1. The zero-order valence-electron chi connectivity index (χ0n) is 11.1. The minimum Gasteiger partial charge on any atom is -0.478 e. The smallest absolute Gasteiger partial charge is 0.221 e. The van der Waals surface area contributed by atoms with Crippen LogP contribution in [0, 0.1) is 6.92 Å². The third-order valence-electron chi connectivity index (χ3n) is 2.49. The van der Waals surface area contributed by atoms with E-state index in [0.29, 0.717) is 25.0 Å². The molecule has 0 amide bonds. The number of hydrogen-bond donors (Lipinski definition) is 1. The molecule has 1 aromatic rings. The van der Waals surface area contributed by atoms with Crippen molar-refractivity contribution < 1.29 is 9.47 Å². The van der Waals surface area contributed by atoms with E-state index >= 15 is 0 Å². The molecule has 1 N–H and O–H groups in total. The fourth-order valence-electron chi connectivity index (χ4n) is 1.59. The quantitative estimate of drug-likeness (QED) is 0.736. The Hall–Kier alpha value is -1.07. The molecule has 0 aromatic carbocycles. The van der Waals surface area contributed by atoms with Crippen LogP contribution < -0.4 is 10.1 Å². The van der Waals surface area contributed by atoms with Crippen LogP contribution in [-0.2, 0) is 4.74 Å². The summed E-state index contributed by atoms with van der Waals surface area (Å²) in [6.45, 7) is 5.02. The van der Waals surface area contributed by atoms with E-state index in [9.17, 15) is 0 Å². The third kappa shape index (κ3) is 4.31. The molecule has 0 aliphatic rings. The van der Waals surface area contributed by atoms with Gasteiger partial charge in [-0.25, -0.2) is 9.97 Å². The fourth-order valence-corrected chi connectivity index (χ4v) is 1.85. The van der Waals surface area contributed by atoms with Gasteiger partial charge in [-0.05, 0) is 20.3 Å². The summed E-state index contributed by atoms with van der Waals surface area (Å²) in [6, 6.07) is 0.135. The lowest BCUT2D eigenvalue weighted by atomic mass is 10.2. The van der Waals surface area contributed by atoms with E-state index in [1.54, 1.807) is 7.11 Å². The van der Waals surface area contributed by atoms with Gasteiger partial charge in [0.25, 0.3) is 0 Å². The van der Waals surface area contributed by atoms with Crippen LogP contribution in [0.5, 0.6) is 5.88 Å². The van der Waals surface area contributed by atoms with Gasteiger partial charge in [0.05, 0.1) is 24.8 Å². The highest BCUT2D eigenvalue weighted by Crippen LogP contribution is 2.21. The topological polar surface area (TPSA) is 56.3 Å². The second-order valence-corrected chi connectivity index (χ2v) is 4.24. The molecular formula is C12H20ClN3O2. The predicted octanol–water partition coefficient (Wildman–Crippen LogP) is 2.24. The molecule has 1 heterocycles. The second-order valence-electron chi connectivity index (χ2n) is 3.86. The average Bonchev–Trinajstić information content (AvgIpc) is 2.35. The second kappa shape index (κ2) is 8.11. The summed E-state index contributed by atoms with van der Waals surface area (Å²) in [6.07, 6.45) is 2.30. The molecule has 102 valence electrons. The van der Waals surface area contributed by atoms with Crippen LogP contribution in [0.25, 0.3) is 0 Å². The maximum atomic E-state index is 5.77. The van der Waals surface area contributed by atoms with Crippen LogP contribution in [-0.4, -0.2) is 42.2 Å². The van der Waals surface area contributed by atoms with Gasteiger partial charge in [0.15, 0.2) is 0 Å². The SMILES string of the molecule is CCOc1ncnc(NC(CCCl)COC)c1C. The summed E-state index contributed by atoms with van der Waals surface area (Å²) in [5, 5.41) is 3.31. The first-order valence-electron chi connectivity index (χ1n) is 5.98. The number of hydrogen-bond acceptors (Lipinski definition) is 5. The maximum Gasteiger partial charge on any atom is 0.221 e. The molecule has 1 aromatic heterocycles. The number of anilines is 1. The Morgan fingerprint density at radius 2 is 2.22 bits per heavy atom. The minimum atomic E-state index is 0.135. The lowest BCUT2D eigenvalue weighted by Gasteiger charge is -2.19. The minimum absolute atomic E-state index is 0.135. The van der Waals surface area contributed by atoms with E-state index in [1.807, 2.05) is 13.8 Å². The molecule has 0 saturated carbocycles. The highest BCUT2D eigenvalue weighted by Gasteiger charge is 2.13. The molecule has 1 unspecified atom stereocenters. The van der Waals surface area contributed by atoms with E-state index in [2.05, 4.69) is 15.3 Å². The fraction of sp³-hybridized carbons (Fsp3) is 0.667. The van der Waals surface area contributed by atoms with E-state index in [0.717, 1.165) is 17.8 Å². The largest absolute Gasteiger partial charge is 0.478 e. The highest BCUT2D eigenvalue weighted by atomic mass is 35.5. The van der Waals surface area contributed by atoms with Crippen molar-refractivity contribution in [3.8, 4) is 5.88 Å². The normalized spacial score (nSPS) is 12.2. The van der Waals surface area contributed by atoms with Gasteiger partial charge in [0, 0.05) is 13.0 Å². The summed E-state index contributed by atoms with van der Waals surface area (Å²) in [5.74, 6) is 1.95. The van der Waals surface area contributed by atoms with Gasteiger partial charge < -0.3 is 14.8 Å². The molecule has 5 nitrogen and oxygen atoms in total. The van der Waals surface area contributed by atoms with Gasteiger partial charge in [-0.1, -0.05) is 0 Å². The van der Waals surface area contributed by atoms with Crippen LogP contribution in [0.15, 0.2) is 6.33 Å². The maximum absolute atomic E-state index is 5.77. The van der Waals surface area contributed by atoms with Gasteiger partial charge in [-0.2, -0.15) is 0 Å². The van der Waals surface area contributed by atoms with Gasteiger partial charge in [0.2, 0.25) is 5.88 Å². The number of alkyl halides is 1. The first kappa shape index (κ1) is 15.0. The number of aromatic nitrogens is 2. The van der Waals surface area contributed by atoms with Crippen molar-refractivity contribution in [1.82, 2.24) is 9.97 Å². The Bertz CT molecular complexity index is 357. The number of ether oxygens (including phenoxy) is 2. The van der Waals surface area contributed by atoms with E-state index in [1.165, 1.54) is 6.33 Å². The first-order valence-corrected chi connectivity index (χ1v) is 6.52. The van der Waals surface area contributed by atoms with Crippen molar-refractivity contribution in [2.24, 2.45) is 0 Å². The molecule has 0 radical (unpaired) electrons. The molecule has 0 saturated heterocycles. The summed E-state index contributed by atoms with van der Waals surface area (Å²) < 4.78 is 10.6. The van der Waals surface area contributed by atoms with Crippen molar-refractivity contribution in [3.63, 3.8) is 0 Å². The lowest BCUT2D eigenvalue weighted by Crippen LogP contribution is -2.26. The van der Waals surface area contributed by atoms with Crippen LogP contribution in [0.3, 0.4) is 0 Å². The molecule has 1 atom stereocenters. The van der Waals surface area contributed by atoms with Crippen molar-refractivity contribution in [3.05, 3.63) is 11.9 Å². The van der Waals surface area contributed by atoms with Crippen LogP contribution >= 0.6 is 11.6 Å². The van der Waals surface area contributed by atoms with Gasteiger partial charge in [0.1, 0.15) is 12.1 Å². The molecule has 0 aliphatic heterocycles. The monoisotopic (exact) mass is 273 g/mol. The summed E-state index contributed by atoms with van der Waals surface area (Å²) in [7, 11) is 1.67. The average molecular weight is 274 g/mol. The first-order chi connectivity index (χ1) is 8.72. The summed E-state index contributed by atoms with van der Waals surface area (Å²) in [4.78, 5) is 8.32. The number of rotatable bonds is 8. The Kier molecular flexibility index (Phi) is 6.75. The zero-order valence-corrected chi connectivity index (χ0v) is 11.8. The Morgan fingerprint density at radius 3 is 2.83 bits per heavy atom. The Balaban J connectivity index is 2.78. The molecule has 0 bridgehead atoms. The molecule has 6 heteroatoms. The van der Waals surface area contributed by atoms with E-state index in [4.69, 9.17) is 21.1 Å². The molecule has 18 heavy (non-hydrogen) atoms. The Morgan fingerprint density at radius 1 is 1.44 bits per heavy atom. The number of halogens is 1. The van der Waals surface area contributed by atoms with Gasteiger partial charge in [-0.3, -0.25) is 0 Å². The molecule has 0 spiro atoms. The third-order valence-corrected chi connectivity index (χ3v) is 2.70.